The van der Waals surface area contributed by atoms with Gasteiger partial charge in [-0.3, -0.25) is 0 Å². The summed E-state index contributed by atoms with van der Waals surface area (Å²) >= 11 is 0. The number of rotatable bonds is 4. The molecule has 4 heteroatoms. The molecule has 0 fully saturated rings. The van der Waals surface area contributed by atoms with Crippen molar-refractivity contribution in [2.24, 2.45) is 0 Å². The molecule has 0 aliphatic carbocycles. The largest absolute Gasteiger partial charge is 0.465 e. The van der Waals surface area contributed by atoms with Crippen molar-refractivity contribution in [1.29, 1.82) is 0 Å². The van der Waals surface area contributed by atoms with Gasteiger partial charge in [-0.15, -0.1) is 0 Å². The van der Waals surface area contributed by atoms with Crippen molar-refractivity contribution >= 4 is 11.9 Å². The first-order valence-corrected chi connectivity index (χ1v) is 8.98. The third kappa shape index (κ3) is 4.12. The molecule has 0 aromatic heterocycles. The van der Waals surface area contributed by atoms with Crippen LogP contribution >= 0.6 is 0 Å². The van der Waals surface area contributed by atoms with Gasteiger partial charge < -0.3 is 9.47 Å². The van der Waals surface area contributed by atoms with Crippen LogP contribution in [0.15, 0.2) is 60.7 Å². The van der Waals surface area contributed by atoms with E-state index in [2.05, 4.69) is 36.8 Å². The van der Waals surface area contributed by atoms with E-state index in [4.69, 9.17) is 4.74 Å². The number of carbonyl (C=O) groups is 2. The van der Waals surface area contributed by atoms with Crippen LogP contribution in [0.1, 0.15) is 37.4 Å². The topological polar surface area (TPSA) is 52.6 Å². The van der Waals surface area contributed by atoms with Crippen molar-refractivity contribution in [1.82, 2.24) is 0 Å². The maximum atomic E-state index is 12.5. The van der Waals surface area contributed by atoms with E-state index < -0.39 is 11.9 Å². The molecule has 0 heterocycles. The lowest BCUT2D eigenvalue weighted by Gasteiger charge is -2.11. The summed E-state index contributed by atoms with van der Waals surface area (Å²) in [6.45, 7) is 6.07. The molecule has 3 aromatic rings. The average molecular weight is 374 g/mol. The first-order chi connectivity index (χ1) is 13.4. The second kappa shape index (κ2) is 8.09. The van der Waals surface area contributed by atoms with E-state index in [-0.39, 0.29) is 0 Å². The molecule has 0 N–H and O–H groups in total. The van der Waals surface area contributed by atoms with Gasteiger partial charge in [0.1, 0.15) is 5.75 Å². The number of ether oxygens (including phenoxy) is 2. The first kappa shape index (κ1) is 19.4. The van der Waals surface area contributed by atoms with Crippen LogP contribution in [0.2, 0.25) is 0 Å². The molecule has 0 saturated heterocycles. The van der Waals surface area contributed by atoms with Gasteiger partial charge in [-0.1, -0.05) is 30.3 Å². The fourth-order valence-corrected chi connectivity index (χ4v) is 2.91. The Morgan fingerprint density at radius 3 is 1.89 bits per heavy atom. The SMILES string of the molecule is COC(=O)c1cccc(C(=O)Oc2ccc(-c3ccc(C)c(C)c3)cc2C)c1. The number of carbonyl (C=O) groups excluding carboxylic acids is 2. The van der Waals surface area contributed by atoms with Crippen LogP contribution in [0.3, 0.4) is 0 Å². The predicted octanol–water partition coefficient (Wildman–Crippen LogP) is 5.28. The third-order valence-corrected chi connectivity index (χ3v) is 4.74. The fourth-order valence-electron chi connectivity index (χ4n) is 2.91. The maximum absolute atomic E-state index is 12.5. The first-order valence-electron chi connectivity index (χ1n) is 8.98. The molecular weight excluding hydrogens is 352 g/mol. The lowest BCUT2D eigenvalue weighted by Crippen LogP contribution is -2.11. The lowest BCUT2D eigenvalue weighted by molar-refractivity contribution is 0.0600. The summed E-state index contributed by atoms with van der Waals surface area (Å²) < 4.78 is 10.2. The molecule has 4 nitrogen and oxygen atoms in total. The second-order valence-corrected chi connectivity index (χ2v) is 6.74. The van der Waals surface area contributed by atoms with Crippen LogP contribution in [0.5, 0.6) is 5.75 Å². The Morgan fingerprint density at radius 2 is 1.29 bits per heavy atom. The summed E-state index contributed by atoms with van der Waals surface area (Å²) in [4.78, 5) is 24.1. The van der Waals surface area contributed by atoms with Gasteiger partial charge in [0.15, 0.2) is 0 Å². The maximum Gasteiger partial charge on any atom is 0.343 e. The highest BCUT2D eigenvalue weighted by molar-refractivity contribution is 5.96. The molecule has 0 aliphatic heterocycles. The van der Waals surface area contributed by atoms with Crippen LogP contribution in [-0.2, 0) is 4.74 Å². The minimum absolute atomic E-state index is 0.292. The molecule has 0 amide bonds. The summed E-state index contributed by atoms with van der Waals surface area (Å²) in [6, 6.07) is 18.3. The van der Waals surface area contributed by atoms with Gasteiger partial charge >= 0.3 is 11.9 Å². The Bertz CT molecular complexity index is 1050. The minimum atomic E-state index is -0.521. The molecular formula is C24H22O4. The molecule has 0 atom stereocenters. The Kier molecular flexibility index (Phi) is 5.59. The summed E-state index contributed by atoms with van der Waals surface area (Å²) in [6.07, 6.45) is 0. The summed E-state index contributed by atoms with van der Waals surface area (Å²) in [5.41, 5.74) is 6.12. The number of hydrogen-bond donors (Lipinski definition) is 0. The Balaban J connectivity index is 1.82. The fraction of sp³-hybridized carbons (Fsp3) is 0.167. The van der Waals surface area contributed by atoms with Crippen molar-refractivity contribution in [3.8, 4) is 16.9 Å². The van der Waals surface area contributed by atoms with Gasteiger partial charge in [0.25, 0.3) is 0 Å². The van der Waals surface area contributed by atoms with Gasteiger partial charge in [0, 0.05) is 0 Å². The van der Waals surface area contributed by atoms with Crippen LogP contribution in [0.25, 0.3) is 11.1 Å². The van der Waals surface area contributed by atoms with Gasteiger partial charge in [0.2, 0.25) is 0 Å². The van der Waals surface area contributed by atoms with Gasteiger partial charge in [-0.05, 0) is 78.9 Å². The molecule has 0 spiro atoms. The zero-order valence-electron chi connectivity index (χ0n) is 16.4. The zero-order chi connectivity index (χ0) is 20.3. The van der Waals surface area contributed by atoms with Gasteiger partial charge in [-0.25, -0.2) is 9.59 Å². The molecule has 3 aromatic carbocycles. The lowest BCUT2D eigenvalue weighted by atomic mass is 9.99. The highest BCUT2D eigenvalue weighted by Gasteiger charge is 2.14. The standard InChI is InChI=1S/C24H22O4/c1-15-8-9-18(12-16(15)2)19-10-11-22(17(3)13-19)28-24(26)21-7-5-6-20(14-21)23(25)27-4/h5-14H,1-4H3. The smallest absolute Gasteiger partial charge is 0.343 e. The van der Waals surface area contributed by atoms with E-state index in [1.54, 1.807) is 24.3 Å². The van der Waals surface area contributed by atoms with E-state index in [1.807, 2.05) is 19.1 Å². The van der Waals surface area contributed by atoms with E-state index >= 15 is 0 Å². The highest BCUT2D eigenvalue weighted by atomic mass is 16.5. The molecule has 28 heavy (non-hydrogen) atoms. The van der Waals surface area contributed by atoms with Gasteiger partial charge in [0.05, 0.1) is 18.2 Å². The van der Waals surface area contributed by atoms with Crippen molar-refractivity contribution in [3.63, 3.8) is 0 Å². The Hall–Kier alpha value is -3.40. The van der Waals surface area contributed by atoms with Crippen molar-refractivity contribution in [2.75, 3.05) is 7.11 Å². The highest BCUT2D eigenvalue weighted by Crippen LogP contribution is 2.28. The number of esters is 2. The summed E-state index contributed by atoms with van der Waals surface area (Å²) in [5, 5.41) is 0. The van der Waals surface area contributed by atoms with E-state index in [0.29, 0.717) is 16.9 Å². The number of benzene rings is 3. The van der Waals surface area contributed by atoms with Crippen LogP contribution in [-0.4, -0.2) is 19.0 Å². The van der Waals surface area contributed by atoms with E-state index in [0.717, 1.165) is 16.7 Å². The molecule has 142 valence electrons. The van der Waals surface area contributed by atoms with Crippen molar-refractivity contribution in [3.05, 3.63) is 88.5 Å². The zero-order valence-corrected chi connectivity index (χ0v) is 16.4. The number of methoxy groups -OCH3 is 1. The normalized spacial score (nSPS) is 10.4. The molecule has 3 rings (SSSR count). The average Bonchev–Trinajstić information content (AvgIpc) is 2.71. The monoisotopic (exact) mass is 374 g/mol. The second-order valence-electron chi connectivity index (χ2n) is 6.74. The Labute approximate surface area is 164 Å². The third-order valence-electron chi connectivity index (χ3n) is 4.74. The minimum Gasteiger partial charge on any atom is -0.465 e. The molecule has 0 radical (unpaired) electrons. The number of aryl methyl sites for hydroxylation is 3. The predicted molar refractivity (Wildman–Crippen MR) is 109 cm³/mol. The van der Waals surface area contributed by atoms with Crippen LogP contribution < -0.4 is 4.74 Å². The molecule has 0 aliphatic rings. The van der Waals surface area contributed by atoms with Crippen molar-refractivity contribution < 1.29 is 19.1 Å². The Morgan fingerprint density at radius 1 is 0.679 bits per heavy atom. The quantitative estimate of drug-likeness (QED) is 0.460. The summed E-state index contributed by atoms with van der Waals surface area (Å²) in [5.74, 6) is -0.530. The molecule has 0 bridgehead atoms. The van der Waals surface area contributed by atoms with E-state index in [1.165, 1.54) is 24.3 Å². The van der Waals surface area contributed by atoms with Crippen LogP contribution in [0, 0.1) is 20.8 Å². The number of hydrogen-bond acceptors (Lipinski definition) is 4. The van der Waals surface area contributed by atoms with Gasteiger partial charge in [-0.2, -0.15) is 0 Å². The van der Waals surface area contributed by atoms with E-state index in [9.17, 15) is 9.59 Å². The van der Waals surface area contributed by atoms with Crippen LogP contribution in [0.4, 0.5) is 0 Å². The van der Waals surface area contributed by atoms with Crippen molar-refractivity contribution in [2.45, 2.75) is 20.8 Å². The summed E-state index contributed by atoms with van der Waals surface area (Å²) in [7, 11) is 1.30. The molecule has 0 saturated carbocycles. The molecule has 0 unspecified atom stereocenters.